The third kappa shape index (κ3) is 2.95. The minimum atomic E-state index is -1.20. The Balaban J connectivity index is 1.37. The highest BCUT2D eigenvalue weighted by Crippen LogP contribution is 2.79. The smallest absolute Gasteiger partial charge is 0.338 e. The van der Waals surface area contributed by atoms with E-state index in [4.69, 9.17) is 18.9 Å². The molecule has 1 N–H and O–H groups in total. The molecule has 0 aromatic heterocycles. The Morgan fingerprint density at radius 3 is 2.53 bits per heavy atom. The monoisotopic (exact) mass is 525 g/mol. The van der Waals surface area contributed by atoms with Gasteiger partial charge in [-0.3, -0.25) is 4.90 Å². The number of likely N-dealkylation sites (tertiary alicyclic amines) is 1. The predicted octanol–water partition coefficient (Wildman–Crippen LogP) is 3.40. The average Bonchev–Trinajstić information content (AvgIpc) is 3.29. The number of ether oxygens (including phenoxy) is 4. The van der Waals surface area contributed by atoms with Gasteiger partial charge in [0.15, 0.2) is 0 Å². The van der Waals surface area contributed by atoms with Crippen molar-refractivity contribution >= 4 is 5.97 Å². The van der Waals surface area contributed by atoms with Gasteiger partial charge < -0.3 is 24.1 Å². The summed E-state index contributed by atoms with van der Waals surface area (Å²) in [6, 6.07) is 9.61. The molecule has 1 unspecified atom stereocenters. The fraction of sp³-hybridized carbons (Fsp3) is 0.774. The van der Waals surface area contributed by atoms with Gasteiger partial charge in [-0.1, -0.05) is 25.1 Å². The number of aliphatic hydroxyl groups is 1. The van der Waals surface area contributed by atoms with E-state index in [0.29, 0.717) is 35.8 Å². The van der Waals surface area contributed by atoms with E-state index < -0.39 is 11.7 Å². The van der Waals surface area contributed by atoms with Crippen molar-refractivity contribution in [3.63, 3.8) is 0 Å². The molecular formula is C31H43NO6. The van der Waals surface area contributed by atoms with Gasteiger partial charge >= 0.3 is 5.97 Å². The molecule has 6 aliphatic rings. The molecular weight excluding hydrogens is 482 g/mol. The first-order valence-electron chi connectivity index (χ1n) is 14.7. The molecule has 7 nitrogen and oxygen atoms in total. The normalized spacial score (nSPS) is 50.2. The Morgan fingerprint density at radius 1 is 1.08 bits per heavy atom. The molecule has 5 aliphatic carbocycles. The largest absolute Gasteiger partial charge is 0.455 e. The van der Waals surface area contributed by atoms with Crippen LogP contribution >= 0.6 is 0 Å². The van der Waals surface area contributed by atoms with Gasteiger partial charge in [0.2, 0.25) is 0 Å². The Labute approximate surface area is 226 Å². The lowest BCUT2D eigenvalue weighted by Gasteiger charge is -2.68. The van der Waals surface area contributed by atoms with Crippen molar-refractivity contribution in [3.8, 4) is 0 Å². The van der Waals surface area contributed by atoms with Crippen LogP contribution in [0.15, 0.2) is 30.3 Å². The van der Waals surface area contributed by atoms with Crippen LogP contribution in [-0.2, 0) is 18.9 Å². The number of piperidine rings is 1. The molecule has 1 heterocycles. The predicted molar refractivity (Wildman–Crippen MR) is 141 cm³/mol. The van der Waals surface area contributed by atoms with Crippen LogP contribution in [0.3, 0.4) is 0 Å². The number of hydrogen-bond acceptors (Lipinski definition) is 7. The van der Waals surface area contributed by atoms with Gasteiger partial charge in [0, 0.05) is 50.7 Å². The molecule has 0 radical (unpaired) electrons. The van der Waals surface area contributed by atoms with E-state index >= 15 is 0 Å². The molecule has 0 amide bonds. The minimum Gasteiger partial charge on any atom is -0.455 e. The first kappa shape index (κ1) is 25.5. The maximum atomic E-state index is 13.4. The maximum Gasteiger partial charge on any atom is 0.338 e. The molecule has 7 heteroatoms. The van der Waals surface area contributed by atoms with Crippen LogP contribution in [0.2, 0.25) is 0 Å². The van der Waals surface area contributed by atoms with Crippen LogP contribution in [0.4, 0.5) is 0 Å². The molecule has 1 aromatic rings. The number of rotatable bonds is 7. The molecule has 7 bridgehead atoms. The van der Waals surface area contributed by atoms with Crippen molar-refractivity contribution in [1.29, 1.82) is 0 Å². The zero-order valence-electron chi connectivity index (χ0n) is 23.2. The van der Waals surface area contributed by atoms with Gasteiger partial charge in [-0.15, -0.1) is 0 Å². The van der Waals surface area contributed by atoms with Gasteiger partial charge in [0.25, 0.3) is 0 Å². The second kappa shape index (κ2) is 8.74. The zero-order chi connectivity index (χ0) is 26.4. The van der Waals surface area contributed by atoms with Gasteiger partial charge in [-0.2, -0.15) is 0 Å². The zero-order valence-corrected chi connectivity index (χ0v) is 23.2. The first-order valence-corrected chi connectivity index (χ1v) is 14.7. The molecule has 5 saturated carbocycles. The summed E-state index contributed by atoms with van der Waals surface area (Å²) in [5.41, 5.74) is -0.658. The standard InChI is InChI=1S/C31H43NO6/c1-5-32-16-29(17-35-2)12-11-23(36-3)31-21-15-30(34)24(37-4)14-19(20(26(31)32)13-22(29)31)25(21)27(30)38-28(33)18-9-7-6-8-10-18/h6-10,19-27,34H,5,11-17H2,1-4H3/t19-,20-,21-,22-,23+,24-,25-,26?,27-,29+,30+,31-/m1/s1. The summed E-state index contributed by atoms with van der Waals surface area (Å²) < 4.78 is 24.8. The molecule has 1 spiro atoms. The summed E-state index contributed by atoms with van der Waals surface area (Å²) in [6.07, 6.45) is 3.92. The fourth-order valence-electron chi connectivity index (χ4n) is 11.6. The summed E-state index contributed by atoms with van der Waals surface area (Å²) >= 11 is 0. The number of methoxy groups -OCH3 is 3. The van der Waals surface area contributed by atoms with E-state index in [1.165, 1.54) is 0 Å². The van der Waals surface area contributed by atoms with E-state index in [1.807, 2.05) is 32.4 Å². The van der Waals surface area contributed by atoms with E-state index in [1.54, 1.807) is 19.2 Å². The lowest BCUT2D eigenvalue weighted by Crippen LogP contribution is -2.73. The molecule has 12 atom stereocenters. The fourth-order valence-corrected chi connectivity index (χ4v) is 11.6. The molecule has 7 rings (SSSR count). The van der Waals surface area contributed by atoms with Crippen molar-refractivity contribution in [2.75, 3.05) is 41.0 Å². The van der Waals surface area contributed by atoms with Crippen molar-refractivity contribution in [2.45, 2.75) is 69.0 Å². The average molecular weight is 526 g/mol. The van der Waals surface area contributed by atoms with E-state index in [2.05, 4.69) is 11.8 Å². The first-order chi connectivity index (χ1) is 18.4. The highest BCUT2D eigenvalue weighted by atomic mass is 16.6. The van der Waals surface area contributed by atoms with E-state index in [9.17, 15) is 9.90 Å². The molecule has 208 valence electrons. The van der Waals surface area contributed by atoms with Gasteiger partial charge in [0.05, 0.1) is 24.4 Å². The quantitative estimate of drug-likeness (QED) is 0.547. The topological polar surface area (TPSA) is 77.5 Å². The number of esters is 1. The lowest BCUT2D eigenvalue weighted by atomic mass is 9.44. The van der Waals surface area contributed by atoms with Crippen molar-refractivity contribution < 1.29 is 28.8 Å². The second-order valence-electron chi connectivity index (χ2n) is 13.2. The lowest BCUT2D eigenvalue weighted by molar-refractivity contribution is -0.249. The van der Waals surface area contributed by atoms with Crippen LogP contribution in [0.5, 0.6) is 0 Å². The summed E-state index contributed by atoms with van der Waals surface area (Å²) in [6.45, 7) is 5.15. The molecule has 38 heavy (non-hydrogen) atoms. The number of nitrogens with zero attached hydrogens (tertiary/aromatic N) is 1. The van der Waals surface area contributed by atoms with E-state index in [0.717, 1.165) is 45.4 Å². The summed E-state index contributed by atoms with van der Waals surface area (Å²) in [5, 5.41) is 12.4. The minimum absolute atomic E-state index is 0.0872. The summed E-state index contributed by atoms with van der Waals surface area (Å²) in [7, 11) is 5.43. The van der Waals surface area contributed by atoms with Crippen molar-refractivity contribution in [3.05, 3.63) is 35.9 Å². The molecule has 1 aliphatic heterocycles. The van der Waals surface area contributed by atoms with Crippen LogP contribution in [0.1, 0.15) is 49.4 Å². The number of fused-ring (bicyclic) bond motifs is 2. The third-order valence-electron chi connectivity index (χ3n) is 12.4. The maximum absolute atomic E-state index is 13.4. The Hall–Kier alpha value is -1.51. The van der Waals surface area contributed by atoms with Gasteiger partial charge in [0.1, 0.15) is 11.7 Å². The highest BCUT2D eigenvalue weighted by Gasteiger charge is 2.83. The number of hydrogen-bond donors (Lipinski definition) is 1. The van der Waals surface area contributed by atoms with Crippen LogP contribution < -0.4 is 0 Å². The molecule has 1 saturated heterocycles. The van der Waals surface area contributed by atoms with Crippen molar-refractivity contribution in [1.82, 2.24) is 4.90 Å². The molecule has 6 fully saturated rings. The number of carbonyl (C=O) groups excluding carboxylic acids is 1. The van der Waals surface area contributed by atoms with E-state index in [-0.39, 0.29) is 40.8 Å². The SMILES string of the molecule is CCN1C[C@]2(COC)CC[C@H](OC)[C@]34C1[C@H](C[C@H]23)[C@H]1C[C@@H](OC)[C@@]2(O)C[C@@H]4[C@@H]1[C@H]2OC(=O)c1ccccc1. The second-order valence-corrected chi connectivity index (χ2v) is 13.2. The Bertz CT molecular complexity index is 1080. The van der Waals surface area contributed by atoms with Gasteiger partial charge in [-0.25, -0.2) is 4.79 Å². The highest BCUT2D eigenvalue weighted by molar-refractivity contribution is 5.89. The Kier molecular flexibility index (Phi) is 5.86. The van der Waals surface area contributed by atoms with Crippen LogP contribution in [0, 0.1) is 40.4 Å². The number of carbonyl (C=O) groups is 1. The third-order valence-corrected chi connectivity index (χ3v) is 12.4. The van der Waals surface area contributed by atoms with Gasteiger partial charge in [-0.05, 0) is 74.5 Å². The van der Waals surface area contributed by atoms with Crippen LogP contribution in [0.25, 0.3) is 0 Å². The summed E-state index contributed by atoms with van der Waals surface area (Å²) in [4.78, 5) is 16.2. The Morgan fingerprint density at radius 2 is 1.84 bits per heavy atom. The number of benzene rings is 1. The molecule has 1 aromatic carbocycles. The van der Waals surface area contributed by atoms with Crippen molar-refractivity contribution in [2.24, 2.45) is 40.4 Å². The van der Waals surface area contributed by atoms with Crippen LogP contribution in [-0.4, -0.2) is 87.0 Å². The summed E-state index contributed by atoms with van der Waals surface area (Å²) in [5.74, 6) is 1.25.